The molecule has 2 aliphatic rings. The van der Waals surface area contributed by atoms with Crippen molar-refractivity contribution in [2.24, 2.45) is 5.92 Å². The normalized spacial score (nSPS) is 19.5. The summed E-state index contributed by atoms with van der Waals surface area (Å²) in [6.45, 7) is 5.21. The number of benzene rings is 1. The zero-order valence-electron chi connectivity index (χ0n) is 15.2. The quantitative estimate of drug-likeness (QED) is 0.608. The van der Waals surface area contributed by atoms with Gasteiger partial charge in [0.2, 0.25) is 0 Å². The Hall–Kier alpha value is -2.02. The number of carbonyl (C=O) groups is 1. The maximum atomic E-state index is 14.0. The highest BCUT2D eigenvalue weighted by Crippen LogP contribution is 2.26. The first-order valence-corrected chi connectivity index (χ1v) is 9.42. The van der Waals surface area contributed by atoms with Gasteiger partial charge in [-0.25, -0.2) is 4.39 Å². The van der Waals surface area contributed by atoms with Gasteiger partial charge in [0.25, 0.3) is 11.6 Å². The number of carbonyl (C=O) groups excluding carboxylic acids is 1. The van der Waals surface area contributed by atoms with Gasteiger partial charge in [-0.3, -0.25) is 19.8 Å². The van der Waals surface area contributed by atoms with Crippen LogP contribution in [0, 0.1) is 28.8 Å². The minimum absolute atomic E-state index is 0.0381. The fourth-order valence-electron chi connectivity index (χ4n) is 4.03. The van der Waals surface area contributed by atoms with Crippen molar-refractivity contribution in [3.8, 4) is 0 Å². The molecule has 6 nitrogen and oxygen atoms in total. The number of nitro benzene ring substituents is 1. The molecule has 1 heterocycles. The summed E-state index contributed by atoms with van der Waals surface area (Å²) in [5.74, 6) is -0.275. The third-order valence-electron chi connectivity index (χ3n) is 5.66. The standard InChI is InChI=1S/C19H26FN3O3/c1-14-17(20)11-16(12-18(14)23(25)26)19(24)22-9-7-21(8-10-22)13-15-5-3-2-4-6-15/h11-12,15H,2-10,13H2,1H3. The number of hydrogen-bond acceptors (Lipinski definition) is 4. The Labute approximate surface area is 153 Å². The summed E-state index contributed by atoms with van der Waals surface area (Å²) in [6.07, 6.45) is 6.58. The molecule has 0 aromatic heterocycles. The zero-order chi connectivity index (χ0) is 18.7. The number of amides is 1. The molecule has 142 valence electrons. The Kier molecular flexibility index (Phi) is 5.86. The molecule has 1 saturated heterocycles. The van der Waals surface area contributed by atoms with Gasteiger partial charge in [-0.15, -0.1) is 0 Å². The van der Waals surface area contributed by atoms with E-state index in [0.29, 0.717) is 13.1 Å². The Morgan fingerprint density at radius 3 is 2.46 bits per heavy atom. The van der Waals surface area contributed by atoms with Crippen molar-refractivity contribution in [1.82, 2.24) is 9.80 Å². The lowest BCUT2D eigenvalue weighted by molar-refractivity contribution is -0.385. The number of rotatable bonds is 4. The maximum Gasteiger partial charge on any atom is 0.276 e. The van der Waals surface area contributed by atoms with Gasteiger partial charge in [-0.1, -0.05) is 19.3 Å². The number of hydrogen-bond donors (Lipinski definition) is 0. The predicted molar refractivity (Wildman–Crippen MR) is 96.7 cm³/mol. The first-order valence-electron chi connectivity index (χ1n) is 9.42. The molecular formula is C19H26FN3O3. The summed E-state index contributed by atoms with van der Waals surface area (Å²) in [7, 11) is 0. The molecule has 1 saturated carbocycles. The molecule has 1 aliphatic carbocycles. The minimum atomic E-state index is -0.710. The number of nitrogens with zero attached hydrogens (tertiary/aromatic N) is 3. The maximum absolute atomic E-state index is 14.0. The van der Waals surface area contributed by atoms with Crippen LogP contribution < -0.4 is 0 Å². The van der Waals surface area contributed by atoms with Crippen LogP contribution in [0.25, 0.3) is 0 Å². The lowest BCUT2D eigenvalue weighted by Crippen LogP contribution is -2.49. The van der Waals surface area contributed by atoms with Crippen molar-refractivity contribution < 1.29 is 14.1 Å². The summed E-state index contributed by atoms with van der Waals surface area (Å²) < 4.78 is 14.0. The van der Waals surface area contributed by atoms with E-state index in [4.69, 9.17) is 0 Å². The minimum Gasteiger partial charge on any atom is -0.336 e. The number of nitro groups is 1. The molecule has 0 atom stereocenters. The van der Waals surface area contributed by atoms with Crippen LogP contribution in [-0.4, -0.2) is 53.4 Å². The molecule has 0 unspecified atom stereocenters. The molecule has 1 aliphatic heterocycles. The van der Waals surface area contributed by atoms with Gasteiger partial charge in [0.1, 0.15) is 5.82 Å². The fourth-order valence-corrected chi connectivity index (χ4v) is 4.03. The molecule has 1 amide bonds. The highest BCUT2D eigenvalue weighted by Gasteiger charge is 2.27. The highest BCUT2D eigenvalue weighted by molar-refractivity contribution is 5.95. The summed E-state index contributed by atoms with van der Waals surface area (Å²) in [5, 5.41) is 11.1. The Balaban J connectivity index is 1.60. The monoisotopic (exact) mass is 363 g/mol. The predicted octanol–water partition coefficient (Wildman–Crippen LogP) is 3.38. The van der Waals surface area contributed by atoms with E-state index in [1.165, 1.54) is 45.1 Å². The van der Waals surface area contributed by atoms with E-state index in [1.54, 1.807) is 4.90 Å². The first-order chi connectivity index (χ1) is 12.5. The van der Waals surface area contributed by atoms with Crippen molar-refractivity contribution in [2.75, 3.05) is 32.7 Å². The number of halogens is 1. The lowest BCUT2D eigenvalue weighted by Gasteiger charge is -2.37. The van der Waals surface area contributed by atoms with Gasteiger partial charge in [-0.2, -0.15) is 0 Å². The summed E-state index contributed by atoms with van der Waals surface area (Å²) >= 11 is 0. The molecule has 1 aromatic carbocycles. The van der Waals surface area contributed by atoms with E-state index in [-0.39, 0.29) is 22.7 Å². The zero-order valence-corrected chi connectivity index (χ0v) is 15.2. The van der Waals surface area contributed by atoms with Crippen LogP contribution in [-0.2, 0) is 0 Å². The van der Waals surface area contributed by atoms with E-state index >= 15 is 0 Å². The van der Waals surface area contributed by atoms with Crippen LogP contribution in [0.1, 0.15) is 48.0 Å². The van der Waals surface area contributed by atoms with Crippen LogP contribution in [0.2, 0.25) is 0 Å². The Bertz CT molecular complexity index is 681. The average molecular weight is 363 g/mol. The van der Waals surface area contributed by atoms with Crippen molar-refractivity contribution in [2.45, 2.75) is 39.0 Å². The molecular weight excluding hydrogens is 337 g/mol. The lowest BCUT2D eigenvalue weighted by atomic mass is 9.89. The Morgan fingerprint density at radius 2 is 1.85 bits per heavy atom. The molecule has 1 aromatic rings. The first kappa shape index (κ1) is 18.8. The topological polar surface area (TPSA) is 66.7 Å². The second-order valence-electron chi connectivity index (χ2n) is 7.46. The van der Waals surface area contributed by atoms with Crippen molar-refractivity contribution in [1.29, 1.82) is 0 Å². The van der Waals surface area contributed by atoms with Crippen LogP contribution in [0.5, 0.6) is 0 Å². The third kappa shape index (κ3) is 4.20. The Morgan fingerprint density at radius 1 is 1.19 bits per heavy atom. The SMILES string of the molecule is Cc1c(F)cc(C(=O)N2CCN(CC3CCCCC3)CC2)cc1[N+](=O)[O-]. The van der Waals surface area contributed by atoms with E-state index in [2.05, 4.69) is 4.90 Å². The van der Waals surface area contributed by atoms with Gasteiger partial charge in [0.15, 0.2) is 0 Å². The van der Waals surface area contributed by atoms with Gasteiger partial charge in [0.05, 0.1) is 10.5 Å². The summed E-state index contributed by atoms with van der Waals surface area (Å²) in [4.78, 5) is 27.1. The molecule has 7 heteroatoms. The van der Waals surface area contributed by atoms with E-state index < -0.39 is 10.7 Å². The van der Waals surface area contributed by atoms with Gasteiger partial charge in [0, 0.05) is 44.4 Å². The smallest absolute Gasteiger partial charge is 0.276 e. The number of piperazine rings is 1. The highest BCUT2D eigenvalue weighted by atomic mass is 19.1. The van der Waals surface area contributed by atoms with E-state index in [1.807, 2.05) is 0 Å². The van der Waals surface area contributed by atoms with Gasteiger partial charge in [-0.05, 0) is 31.7 Å². The fraction of sp³-hybridized carbons (Fsp3) is 0.632. The molecule has 26 heavy (non-hydrogen) atoms. The second kappa shape index (κ2) is 8.12. The van der Waals surface area contributed by atoms with Gasteiger partial charge >= 0.3 is 0 Å². The second-order valence-corrected chi connectivity index (χ2v) is 7.46. The summed E-state index contributed by atoms with van der Waals surface area (Å²) in [6, 6.07) is 2.30. The van der Waals surface area contributed by atoms with E-state index in [0.717, 1.165) is 31.6 Å². The average Bonchev–Trinajstić information content (AvgIpc) is 2.64. The van der Waals surface area contributed by atoms with Crippen LogP contribution in [0.3, 0.4) is 0 Å². The van der Waals surface area contributed by atoms with Crippen LogP contribution in [0.15, 0.2) is 12.1 Å². The molecule has 3 rings (SSSR count). The molecule has 2 fully saturated rings. The van der Waals surface area contributed by atoms with Crippen LogP contribution in [0.4, 0.5) is 10.1 Å². The van der Waals surface area contributed by atoms with Crippen LogP contribution >= 0.6 is 0 Å². The van der Waals surface area contributed by atoms with Gasteiger partial charge < -0.3 is 4.90 Å². The van der Waals surface area contributed by atoms with Crippen molar-refractivity contribution >= 4 is 11.6 Å². The third-order valence-corrected chi connectivity index (χ3v) is 5.66. The van der Waals surface area contributed by atoms with Crippen molar-refractivity contribution in [3.63, 3.8) is 0 Å². The summed E-state index contributed by atoms with van der Waals surface area (Å²) in [5.41, 5.74) is -0.325. The molecule has 0 bridgehead atoms. The van der Waals surface area contributed by atoms with E-state index in [9.17, 15) is 19.3 Å². The molecule has 0 N–H and O–H groups in total. The molecule has 0 spiro atoms. The van der Waals surface area contributed by atoms with Crippen molar-refractivity contribution in [3.05, 3.63) is 39.2 Å². The molecule has 0 radical (unpaired) electrons. The largest absolute Gasteiger partial charge is 0.336 e.